The van der Waals surface area contributed by atoms with Gasteiger partial charge in [0.25, 0.3) is 0 Å². The number of rotatable bonds is 11. The highest BCUT2D eigenvalue weighted by atomic mass is 16.4. The lowest BCUT2D eigenvalue weighted by Gasteiger charge is -2.30. The number of benzene rings is 1. The van der Waals surface area contributed by atoms with Crippen LogP contribution in [-0.2, 0) is 25.6 Å². The summed E-state index contributed by atoms with van der Waals surface area (Å²) in [5.74, 6) is -2.52. The summed E-state index contributed by atoms with van der Waals surface area (Å²) in [6, 6.07) is 5.96. The number of nitrogens with zero attached hydrogens (tertiary/aromatic N) is 2. The zero-order valence-corrected chi connectivity index (χ0v) is 20.9. The van der Waals surface area contributed by atoms with Crippen LogP contribution in [0.3, 0.4) is 0 Å². The normalized spacial score (nSPS) is 20.8. The minimum atomic E-state index is -1.07. The smallest absolute Gasteiger partial charge is 0.326 e. The molecule has 4 atom stereocenters. The third-order valence-electron chi connectivity index (χ3n) is 6.87. The first kappa shape index (κ1) is 27.9. The number of guanidine groups is 1. The number of carbonyl (C=O) groups is 4. The molecular weight excluding hydrogens is 478 g/mol. The Hall–Kier alpha value is -3.67. The number of likely N-dealkylation sites (tertiary alicyclic amines) is 2. The molecule has 3 amide bonds. The first-order chi connectivity index (χ1) is 17.7. The van der Waals surface area contributed by atoms with Crippen molar-refractivity contribution in [2.45, 2.75) is 69.1 Å². The average Bonchev–Trinajstić information content (AvgIpc) is 3.55. The molecule has 0 spiro atoms. The van der Waals surface area contributed by atoms with Crippen molar-refractivity contribution in [3.05, 3.63) is 35.9 Å². The van der Waals surface area contributed by atoms with Crippen LogP contribution >= 0.6 is 0 Å². The topological polar surface area (TPSA) is 195 Å². The van der Waals surface area contributed by atoms with E-state index in [-0.39, 0.29) is 18.3 Å². The first-order valence-corrected chi connectivity index (χ1v) is 12.7. The first-order valence-electron chi connectivity index (χ1n) is 12.7. The summed E-state index contributed by atoms with van der Waals surface area (Å²) in [5, 5.41) is 22.2. The zero-order valence-electron chi connectivity index (χ0n) is 20.9. The predicted octanol–water partition coefficient (Wildman–Crippen LogP) is -0.629. The minimum Gasteiger partial charge on any atom is -0.480 e. The van der Waals surface area contributed by atoms with E-state index in [9.17, 15) is 24.3 Å². The van der Waals surface area contributed by atoms with Crippen molar-refractivity contribution in [1.29, 1.82) is 5.41 Å². The fourth-order valence-electron chi connectivity index (χ4n) is 5.01. The molecule has 0 aromatic heterocycles. The number of nitrogens with two attached hydrogens (primary N) is 2. The van der Waals surface area contributed by atoms with Gasteiger partial charge in [-0.15, -0.1) is 0 Å². The molecule has 1 aromatic rings. The molecule has 2 heterocycles. The zero-order chi connectivity index (χ0) is 26.9. The summed E-state index contributed by atoms with van der Waals surface area (Å²) < 4.78 is 0. The van der Waals surface area contributed by atoms with E-state index in [2.05, 4.69) is 10.6 Å². The summed E-state index contributed by atoms with van der Waals surface area (Å²) in [5.41, 5.74) is 12.4. The van der Waals surface area contributed by atoms with Crippen LogP contribution in [-0.4, -0.2) is 88.4 Å². The van der Waals surface area contributed by atoms with Gasteiger partial charge < -0.3 is 37.0 Å². The van der Waals surface area contributed by atoms with E-state index >= 15 is 0 Å². The lowest BCUT2D eigenvalue weighted by molar-refractivity contribution is -0.149. The Kier molecular flexibility index (Phi) is 9.84. The van der Waals surface area contributed by atoms with Gasteiger partial charge in [0.15, 0.2) is 5.96 Å². The molecule has 0 aliphatic carbocycles. The monoisotopic (exact) mass is 515 g/mol. The Morgan fingerprint density at radius 1 is 1.03 bits per heavy atom. The van der Waals surface area contributed by atoms with Crippen LogP contribution < -0.4 is 22.1 Å². The quantitative estimate of drug-likeness (QED) is 0.127. The number of nitrogens with one attached hydrogen (secondary N) is 3. The molecular formula is C25H37N7O5. The van der Waals surface area contributed by atoms with E-state index in [4.69, 9.17) is 16.9 Å². The Labute approximate surface area is 216 Å². The van der Waals surface area contributed by atoms with Gasteiger partial charge in [-0.2, -0.15) is 0 Å². The Bertz CT molecular complexity index is 989. The maximum Gasteiger partial charge on any atom is 0.326 e. The molecule has 1 aromatic carbocycles. The van der Waals surface area contributed by atoms with E-state index in [1.165, 1.54) is 9.80 Å². The van der Waals surface area contributed by atoms with Crippen molar-refractivity contribution in [1.82, 2.24) is 20.4 Å². The second-order valence-corrected chi connectivity index (χ2v) is 9.56. The van der Waals surface area contributed by atoms with Gasteiger partial charge in [0.2, 0.25) is 17.7 Å². The minimum absolute atomic E-state index is 0.204. The Morgan fingerprint density at radius 3 is 2.27 bits per heavy atom. The third kappa shape index (κ3) is 7.42. The van der Waals surface area contributed by atoms with Crippen LogP contribution in [0.2, 0.25) is 0 Å². The standard InChI is InChI=1S/C25H37N7O5/c26-17(15-16-7-2-1-3-8-16)22(34)31-13-5-10-19(31)21(33)30-18(9-4-12-29-25(27)28)23(35)32-14-6-11-20(32)24(36)37/h1-3,7-8,17-20H,4-6,9-15,26H2,(H,30,33)(H,36,37)(H4,27,28,29)/t17-,18+,19+,20+/m1/s1. The summed E-state index contributed by atoms with van der Waals surface area (Å²) >= 11 is 0. The van der Waals surface area contributed by atoms with Gasteiger partial charge >= 0.3 is 5.97 Å². The molecule has 0 radical (unpaired) electrons. The van der Waals surface area contributed by atoms with Crippen LogP contribution in [0.4, 0.5) is 0 Å². The Morgan fingerprint density at radius 2 is 1.65 bits per heavy atom. The van der Waals surface area contributed by atoms with Crippen LogP contribution in [0.15, 0.2) is 30.3 Å². The molecule has 2 aliphatic heterocycles. The van der Waals surface area contributed by atoms with Crippen molar-refractivity contribution in [3.8, 4) is 0 Å². The number of carboxylic acid groups (broad SMARTS) is 1. The average molecular weight is 516 g/mol. The number of carboxylic acids is 1. The van der Waals surface area contributed by atoms with Crippen LogP contribution in [0, 0.1) is 5.41 Å². The molecule has 12 nitrogen and oxygen atoms in total. The molecule has 0 saturated carbocycles. The van der Waals surface area contributed by atoms with Crippen LogP contribution in [0.1, 0.15) is 44.1 Å². The molecule has 37 heavy (non-hydrogen) atoms. The summed E-state index contributed by atoms with van der Waals surface area (Å²) in [6.07, 6.45) is 3.00. The number of amides is 3. The van der Waals surface area contributed by atoms with Crippen LogP contribution in [0.25, 0.3) is 0 Å². The van der Waals surface area contributed by atoms with Gasteiger partial charge in [0.1, 0.15) is 18.1 Å². The summed E-state index contributed by atoms with van der Waals surface area (Å²) in [6.45, 7) is 1.02. The van der Waals surface area contributed by atoms with Gasteiger partial charge in [-0.1, -0.05) is 30.3 Å². The maximum atomic E-state index is 13.3. The number of aliphatic carboxylic acids is 1. The third-order valence-corrected chi connectivity index (χ3v) is 6.87. The second kappa shape index (κ2) is 13.0. The van der Waals surface area contributed by atoms with Gasteiger partial charge in [0, 0.05) is 19.6 Å². The van der Waals surface area contributed by atoms with E-state index in [1.54, 1.807) is 0 Å². The lowest BCUT2D eigenvalue weighted by Crippen LogP contribution is -2.57. The second-order valence-electron chi connectivity index (χ2n) is 9.56. The van der Waals surface area contributed by atoms with Crippen molar-refractivity contribution in [2.75, 3.05) is 19.6 Å². The summed E-state index contributed by atoms with van der Waals surface area (Å²) in [7, 11) is 0. The molecule has 3 rings (SSSR count). The predicted molar refractivity (Wildman–Crippen MR) is 136 cm³/mol. The highest BCUT2D eigenvalue weighted by Gasteiger charge is 2.40. The summed E-state index contributed by atoms with van der Waals surface area (Å²) in [4.78, 5) is 54.2. The maximum absolute atomic E-state index is 13.3. The largest absolute Gasteiger partial charge is 0.480 e. The van der Waals surface area contributed by atoms with E-state index in [0.29, 0.717) is 58.2 Å². The Balaban J connectivity index is 1.68. The molecule has 202 valence electrons. The van der Waals surface area contributed by atoms with Gasteiger partial charge in [-0.05, 0) is 50.5 Å². The molecule has 2 saturated heterocycles. The van der Waals surface area contributed by atoms with Gasteiger partial charge in [-0.3, -0.25) is 19.8 Å². The van der Waals surface area contributed by atoms with E-state index < -0.39 is 42.0 Å². The van der Waals surface area contributed by atoms with E-state index in [0.717, 1.165) is 5.56 Å². The number of hydrogen-bond donors (Lipinski definition) is 6. The highest BCUT2D eigenvalue weighted by molar-refractivity contribution is 5.94. The molecule has 8 N–H and O–H groups in total. The van der Waals surface area contributed by atoms with E-state index in [1.807, 2.05) is 30.3 Å². The van der Waals surface area contributed by atoms with Crippen molar-refractivity contribution in [2.24, 2.45) is 11.5 Å². The van der Waals surface area contributed by atoms with Crippen molar-refractivity contribution < 1.29 is 24.3 Å². The molecule has 2 fully saturated rings. The van der Waals surface area contributed by atoms with Crippen LogP contribution in [0.5, 0.6) is 0 Å². The van der Waals surface area contributed by atoms with Gasteiger partial charge in [-0.25, -0.2) is 4.79 Å². The number of carbonyl (C=O) groups excluding carboxylic acids is 3. The lowest BCUT2D eigenvalue weighted by atomic mass is 10.0. The van der Waals surface area contributed by atoms with Gasteiger partial charge in [0.05, 0.1) is 6.04 Å². The van der Waals surface area contributed by atoms with Crippen molar-refractivity contribution >= 4 is 29.7 Å². The number of hydrogen-bond acceptors (Lipinski definition) is 6. The fourth-order valence-corrected chi connectivity index (χ4v) is 5.01. The molecule has 0 bridgehead atoms. The van der Waals surface area contributed by atoms with Crippen molar-refractivity contribution in [3.63, 3.8) is 0 Å². The molecule has 2 aliphatic rings. The fraction of sp³-hybridized carbons (Fsp3) is 0.560. The molecule has 0 unspecified atom stereocenters. The molecule has 12 heteroatoms. The highest BCUT2D eigenvalue weighted by Crippen LogP contribution is 2.22. The SMILES string of the molecule is N=C(N)NCCC[C@H](NC(=O)[C@@H]1CCCN1C(=O)[C@H](N)Cc1ccccc1)C(=O)N1CCC[C@H]1C(=O)O.